The van der Waals surface area contributed by atoms with Crippen molar-refractivity contribution in [3.8, 4) is 0 Å². The Kier molecular flexibility index (Phi) is 4.40. The summed E-state index contributed by atoms with van der Waals surface area (Å²) in [5, 5.41) is -4.18. The van der Waals surface area contributed by atoms with E-state index in [4.69, 9.17) is 4.74 Å². The minimum absolute atomic E-state index is 0.0303. The molecule has 1 aliphatic heterocycles. The van der Waals surface area contributed by atoms with Gasteiger partial charge in [0.2, 0.25) is 0 Å². The monoisotopic (exact) mass is 322 g/mol. The Balaban J connectivity index is 2.19. The van der Waals surface area contributed by atoms with Crippen molar-refractivity contribution in [1.29, 1.82) is 0 Å². The highest BCUT2D eigenvalue weighted by Crippen LogP contribution is 2.41. The number of carbonyl (C=O) groups excluding carboxylic acids is 1. The summed E-state index contributed by atoms with van der Waals surface area (Å²) in [7, 11) is 1.46. The van der Waals surface area contributed by atoms with Gasteiger partial charge in [-0.15, -0.1) is 0 Å². The van der Waals surface area contributed by atoms with Crippen molar-refractivity contribution in [3.63, 3.8) is 0 Å². The highest BCUT2D eigenvalue weighted by Gasteiger charge is 2.42. The minimum atomic E-state index is -4.18. The first-order valence-corrected chi connectivity index (χ1v) is 6.54. The third-order valence-electron chi connectivity index (χ3n) is 2.54. The van der Waals surface area contributed by atoms with E-state index in [1.807, 2.05) is 0 Å². The van der Waals surface area contributed by atoms with Crippen LogP contribution in [0.2, 0.25) is 0 Å². The van der Waals surface area contributed by atoms with E-state index in [1.54, 1.807) is 0 Å². The lowest BCUT2D eigenvalue weighted by Crippen LogP contribution is -2.24. The standard InChI is InChI=1S/C12H10F4N2O2S/c1-18-9(19)6-20-11(18)17-7-3-2-4-8(5-7)21-12(15,16)10(13)14/h2-5,10H,6H2,1H3. The summed E-state index contributed by atoms with van der Waals surface area (Å²) in [6.07, 6.45) is -3.76. The van der Waals surface area contributed by atoms with E-state index in [9.17, 15) is 22.4 Å². The van der Waals surface area contributed by atoms with E-state index in [-0.39, 0.29) is 40.9 Å². The second kappa shape index (κ2) is 5.92. The van der Waals surface area contributed by atoms with Gasteiger partial charge in [-0.1, -0.05) is 6.07 Å². The van der Waals surface area contributed by atoms with Gasteiger partial charge in [-0.05, 0) is 30.0 Å². The van der Waals surface area contributed by atoms with Crippen LogP contribution in [0.4, 0.5) is 23.2 Å². The molecule has 1 heterocycles. The Morgan fingerprint density at radius 1 is 1.43 bits per heavy atom. The van der Waals surface area contributed by atoms with E-state index in [0.717, 1.165) is 0 Å². The second-order valence-electron chi connectivity index (χ2n) is 4.10. The zero-order chi connectivity index (χ0) is 15.6. The molecule has 114 valence electrons. The minimum Gasteiger partial charge on any atom is -0.454 e. The first-order valence-electron chi connectivity index (χ1n) is 5.72. The van der Waals surface area contributed by atoms with Crippen LogP contribution >= 0.6 is 11.8 Å². The number of aliphatic imine (C=N–C) groups is 1. The number of nitrogens with zero attached hydrogens (tertiary/aromatic N) is 2. The smallest absolute Gasteiger partial charge is 0.357 e. The van der Waals surface area contributed by atoms with Gasteiger partial charge < -0.3 is 4.74 Å². The summed E-state index contributed by atoms with van der Waals surface area (Å²) in [6, 6.07) is 5.41. The lowest BCUT2D eigenvalue weighted by molar-refractivity contribution is -0.124. The van der Waals surface area contributed by atoms with Gasteiger partial charge in [0.05, 0.1) is 5.69 Å². The molecule has 1 aromatic carbocycles. The molecule has 0 aromatic heterocycles. The molecule has 0 N–H and O–H groups in total. The number of alkyl halides is 4. The van der Waals surface area contributed by atoms with Crippen LogP contribution < -0.4 is 0 Å². The molecule has 0 bridgehead atoms. The highest BCUT2D eigenvalue weighted by molar-refractivity contribution is 8.00. The van der Waals surface area contributed by atoms with Crippen LogP contribution in [0.25, 0.3) is 0 Å². The predicted octanol–water partition coefficient (Wildman–Crippen LogP) is 3.11. The molecular weight excluding hydrogens is 312 g/mol. The molecule has 1 saturated heterocycles. The Hall–Kier alpha value is -1.77. The molecule has 1 aromatic rings. The van der Waals surface area contributed by atoms with Gasteiger partial charge in [-0.3, -0.25) is 9.69 Å². The zero-order valence-corrected chi connectivity index (χ0v) is 11.5. The number of hydrogen-bond acceptors (Lipinski definition) is 4. The van der Waals surface area contributed by atoms with Crippen molar-refractivity contribution in [2.75, 3.05) is 13.7 Å². The molecule has 2 rings (SSSR count). The lowest BCUT2D eigenvalue weighted by atomic mass is 10.3. The van der Waals surface area contributed by atoms with Crippen LogP contribution in [0, 0.1) is 0 Å². The molecular formula is C12H10F4N2O2S. The maximum Gasteiger partial charge on any atom is 0.357 e. The maximum atomic E-state index is 13.0. The molecule has 0 unspecified atom stereocenters. The average molecular weight is 322 g/mol. The fourth-order valence-electron chi connectivity index (χ4n) is 1.46. The molecule has 1 fully saturated rings. The van der Waals surface area contributed by atoms with Crippen molar-refractivity contribution >= 4 is 29.4 Å². The first kappa shape index (κ1) is 15.6. The summed E-state index contributed by atoms with van der Waals surface area (Å²) in [5.41, 5.74) is 0.224. The molecule has 4 nitrogen and oxygen atoms in total. The van der Waals surface area contributed by atoms with Gasteiger partial charge in [-0.25, -0.2) is 8.78 Å². The van der Waals surface area contributed by atoms with Crippen molar-refractivity contribution in [2.45, 2.75) is 16.6 Å². The average Bonchev–Trinajstić information content (AvgIpc) is 2.70. The fraction of sp³-hybridized carbons (Fsp3) is 0.333. The third kappa shape index (κ3) is 3.66. The van der Waals surface area contributed by atoms with E-state index in [0.29, 0.717) is 0 Å². The summed E-state index contributed by atoms with van der Waals surface area (Å²) in [6.45, 7) is -0.146. The Labute approximate surface area is 121 Å². The van der Waals surface area contributed by atoms with Crippen LogP contribution in [-0.2, 0) is 9.53 Å². The molecule has 9 heteroatoms. The Morgan fingerprint density at radius 3 is 2.71 bits per heavy atom. The quantitative estimate of drug-likeness (QED) is 0.632. The van der Waals surface area contributed by atoms with Gasteiger partial charge in [0, 0.05) is 11.9 Å². The topological polar surface area (TPSA) is 41.9 Å². The number of ether oxygens (including phenoxy) is 1. The molecule has 0 saturated carbocycles. The van der Waals surface area contributed by atoms with Crippen LogP contribution in [0.15, 0.2) is 34.2 Å². The SMILES string of the molecule is CN1C(=O)COC1=Nc1cccc(SC(F)(F)C(F)F)c1. The van der Waals surface area contributed by atoms with Crippen LogP contribution in [-0.4, -0.2) is 42.2 Å². The first-order chi connectivity index (χ1) is 9.79. The lowest BCUT2D eigenvalue weighted by Gasteiger charge is -2.14. The zero-order valence-electron chi connectivity index (χ0n) is 10.7. The van der Waals surface area contributed by atoms with Crippen LogP contribution in [0.3, 0.4) is 0 Å². The number of halogens is 4. The number of likely N-dealkylation sites (N-methyl/N-ethyl adjacent to an activating group) is 1. The number of benzene rings is 1. The number of amidine groups is 1. The normalized spacial score (nSPS) is 17.7. The van der Waals surface area contributed by atoms with Crippen molar-refractivity contribution in [1.82, 2.24) is 4.90 Å². The summed E-state index contributed by atoms with van der Waals surface area (Å²) >= 11 is -0.247. The number of rotatable bonds is 4. The molecule has 0 spiro atoms. The predicted molar refractivity (Wildman–Crippen MR) is 69.1 cm³/mol. The van der Waals surface area contributed by atoms with Gasteiger partial charge in [0.15, 0.2) is 6.61 Å². The van der Waals surface area contributed by atoms with Gasteiger partial charge >= 0.3 is 11.7 Å². The molecule has 1 amide bonds. The second-order valence-corrected chi connectivity index (χ2v) is 5.32. The van der Waals surface area contributed by atoms with Crippen molar-refractivity contribution in [3.05, 3.63) is 24.3 Å². The highest BCUT2D eigenvalue weighted by atomic mass is 32.2. The summed E-state index contributed by atoms with van der Waals surface area (Å²) < 4.78 is 55.3. The van der Waals surface area contributed by atoms with Gasteiger partial charge in [0.1, 0.15) is 0 Å². The number of thioether (sulfide) groups is 1. The molecule has 0 aliphatic carbocycles. The van der Waals surface area contributed by atoms with E-state index in [2.05, 4.69) is 4.99 Å². The maximum absolute atomic E-state index is 13.0. The van der Waals surface area contributed by atoms with Crippen molar-refractivity contribution < 1.29 is 27.1 Å². The molecule has 0 radical (unpaired) electrons. The Morgan fingerprint density at radius 2 is 2.14 bits per heavy atom. The van der Waals surface area contributed by atoms with E-state index in [1.165, 1.54) is 36.2 Å². The third-order valence-corrected chi connectivity index (χ3v) is 3.48. The summed E-state index contributed by atoms with van der Waals surface area (Å²) in [4.78, 5) is 16.3. The number of amides is 1. The Bertz CT molecular complexity index is 580. The molecule has 1 aliphatic rings. The van der Waals surface area contributed by atoms with Gasteiger partial charge in [-0.2, -0.15) is 13.8 Å². The van der Waals surface area contributed by atoms with E-state index >= 15 is 0 Å². The summed E-state index contributed by atoms with van der Waals surface area (Å²) in [5.74, 6) is -0.288. The van der Waals surface area contributed by atoms with Crippen LogP contribution in [0.5, 0.6) is 0 Å². The van der Waals surface area contributed by atoms with Crippen molar-refractivity contribution in [2.24, 2.45) is 4.99 Å². The molecule has 21 heavy (non-hydrogen) atoms. The largest absolute Gasteiger partial charge is 0.454 e. The van der Waals surface area contributed by atoms with E-state index < -0.39 is 11.7 Å². The van der Waals surface area contributed by atoms with Gasteiger partial charge in [0.25, 0.3) is 11.9 Å². The molecule has 0 atom stereocenters. The number of carbonyl (C=O) groups is 1. The number of hydrogen-bond donors (Lipinski definition) is 0. The van der Waals surface area contributed by atoms with Crippen LogP contribution in [0.1, 0.15) is 0 Å². The fourth-order valence-corrected chi connectivity index (χ4v) is 2.19.